The zero-order valence-corrected chi connectivity index (χ0v) is 16.4. The van der Waals surface area contributed by atoms with Crippen LogP contribution in [0.15, 0.2) is 56.9 Å². The minimum Gasteiger partial charge on any atom is -0.493 e. The van der Waals surface area contributed by atoms with Crippen LogP contribution in [0.5, 0.6) is 5.88 Å². The molecule has 1 aliphatic heterocycles. The second kappa shape index (κ2) is 6.75. The molecule has 0 spiro atoms. The first kappa shape index (κ1) is 17.1. The molecular weight excluding hydrogens is 436 g/mol. The number of aromatic nitrogens is 2. The average Bonchev–Trinajstić information content (AvgIpc) is 3.29. The summed E-state index contributed by atoms with van der Waals surface area (Å²) < 4.78 is 2.44. The number of carbonyl (C=O) groups excluding carboxylic acids is 1. The lowest BCUT2D eigenvalue weighted by molar-refractivity contribution is -0.112. The lowest BCUT2D eigenvalue weighted by Crippen LogP contribution is -2.22. The molecule has 0 unspecified atom stereocenters. The highest BCUT2D eigenvalue weighted by atomic mass is 79.9. The lowest BCUT2D eigenvalue weighted by Gasteiger charge is -2.02. The number of fused-ring (bicyclic) bond motifs is 1. The minimum atomic E-state index is -0.374. The van der Waals surface area contributed by atoms with Gasteiger partial charge in [0, 0.05) is 27.8 Å². The number of hydrogen-bond acceptors (Lipinski definition) is 6. The van der Waals surface area contributed by atoms with Crippen LogP contribution in [0.25, 0.3) is 5.57 Å². The molecule has 0 atom stereocenters. The Morgan fingerprint density at radius 1 is 1.42 bits per heavy atom. The summed E-state index contributed by atoms with van der Waals surface area (Å²) >= 11 is 6.04. The fourth-order valence-corrected chi connectivity index (χ4v) is 4.61. The zero-order chi connectivity index (χ0) is 18.3. The molecule has 1 N–H and O–H groups in total. The highest BCUT2D eigenvalue weighted by Crippen LogP contribution is 2.29. The Kier molecular flexibility index (Phi) is 4.43. The normalized spacial score (nSPS) is 13.8. The monoisotopic (exact) mass is 446 g/mol. The molecular formula is C17H11BrN4O2S2. The standard InChI is InChI=1S/C17H11BrN4O2S2/c1-2-6-22-15(24)13(26-17(22)21-16-19-5-7-25-16)12-10-8-9(18)3-4-11(10)20-14(12)23/h2-5,7-8,24H,1,6H2/b21-17-. The third-order valence-electron chi connectivity index (χ3n) is 3.70. The van der Waals surface area contributed by atoms with Crippen molar-refractivity contribution in [3.63, 3.8) is 0 Å². The number of thiazole rings is 2. The number of halogens is 1. The van der Waals surface area contributed by atoms with E-state index >= 15 is 0 Å². The van der Waals surface area contributed by atoms with Crippen LogP contribution >= 0.6 is 38.6 Å². The Labute approximate surface area is 164 Å². The summed E-state index contributed by atoms with van der Waals surface area (Å²) in [6.45, 7) is 4.08. The average molecular weight is 447 g/mol. The fraction of sp³-hybridized carbons (Fsp3) is 0.0588. The van der Waals surface area contributed by atoms with Gasteiger partial charge in [-0.05, 0) is 18.2 Å². The fourth-order valence-electron chi connectivity index (χ4n) is 2.60. The van der Waals surface area contributed by atoms with E-state index in [0.717, 1.165) is 4.47 Å². The summed E-state index contributed by atoms with van der Waals surface area (Å²) in [6, 6.07) is 5.43. The van der Waals surface area contributed by atoms with Crippen molar-refractivity contribution < 1.29 is 9.90 Å². The number of allylic oxidation sites excluding steroid dienone is 1. The second-order valence-corrected chi connectivity index (χ2v) is 8.08. The van der Waals surface area contributed by atoms with Gasteiger partial charge in [-0.15, -0.1) is 17.9 Å². The molecule has 0 saturated heterocycles. The summed E-state index contributed by atoms with van der Waals surface area (Å²) in [4.78, 5) is 26.2. The summed E-state index contributed by atoms with van der Waals surface area (Å²) in [5, 5.41) is 14.4. The number of aromatic hydroxyl groups is 1. The van der Waals surface area contributed by atoms with Crippen LogP contribution in [-0.4, -0.2) is 20.6 Å². The van der Waals surface area contributed by atoms with Crippen LogP contribution in [0.3, 0.4) is 0 Å². The predicted molar refractivity (Wildman–Crippen MR) is 104 cm³/mol. The zero-order valence-electron chi connectivity index (χ0n) is 13.2. The Balaban J connectivity index is 2.02. The van der Waals surface area contributed by atoms with Crippen molar-refractivity contribution in [1.29, 1.82) is 0 Å². The van der Waals surface area contributed by atoms with Gasteiger partial charge in [-0.2, -0.15) is 4.99 Å². The lowest BCUT2D eigenvalue weighted by atomic mass is 10.1. The number of carbonyl (C=O) groups is 1. The molecule has 0 fully saturated rings. The second-order valence-electron chi connectivity index (χ2n) is 5.32. The van der Waals surface area contributed by atoms with Crippen LogP contribution in [-0.2, 0) is 11.3 Å². The van der Waals surface area contributed by atoms with Gasteiger partial charge in [-0.25, -0.2) is 9.98 Å². The topological polar surface area (TPSA) is 79.8 Å². The predicted octanol–water partition coefficient (Wildman–Crippen LogP) is 2.25. The van der Waals surface area contributed by atoms with Crippen molar-refractivity contribution in [3.8, 4) is 5.88 Å². The number of nitrogens with zero attached hydrogens (tertiary/aromatic N) is 4. The molecule has 130 valence electrons. The Bertz CT molecular complexity index is 1220. The van der Waals surface area contributed by atoms with E-state index in [2.05, 4.69) is 37.5 Å². The molecule has 0 saturated carbocycles. The smallest absolute Gasteiger partial charge is 0.279 e. The molecule has 0 aliphatic carbocycles. The van der Waals surface area contributed by atoms with E-state index < -0.39 is 0 Å². The molecule has 3 aromatic rings. The van der Waals surface area contributed by atoms with Crippen molar-refractivity contribution >= 4 is 55.2 Å². The van der Waals surface area contributed by atoms with Crippen molar-refractivity contribution in [2.24, 2.45) is 9.98 Å². The van der Waals surface area contributed by atoms with Crippen LogP contribution in [0.4, 0.5) is 5.13 Å². The molecule has 1 aliphatic rings. The first-order valence-electron chi connectivity index (χ1n) is 7.49. The maximum atomic E-state index is 12.5. The van der Waals surface area contributed by atoms with E-state index in [-0.39, 0.29) is 11.8 Å². The Morgan fingerprint density at radius 2 is 2.27 bits per heavy atom. The van der Waals surface area contributed by atoms with Crippen molar-refractivity contribution in [1.82, 2.24) is 9.55 Å². The first-order chi connectivity index (χ1) is 12.6. The quantitative estimate of drug-likeness (QED) is 0.624. The number of amides is 1. The Morgan fingerprint density at radius 3 is 3.00 bits per heavy atom. The van der Waals surface area contributed by atoms with Gasteiger partial charge in [0.15, 0.2) is 4.80 Å². The third kappa shape index (κ3) is 2.87. The molecule has 0 radical (unpaired) electrons. The largest absolute Gasteiger partial charge is 0.493 e. The van der Waals surface area contributed by atoms with Gasteiger partial charge in [0.1, 0.15) is 4.88 Å². The molecule has 1 aromatic carbocycles. The van der Waals surface area contributed by atoms with Gasteiger partial charge in [0.25, 0.3) is 5.91 Å². The maximum absolute atomic E-state index is 12.5. The summed E-state index contributed by atoms with van der Waals surface area (Å²) in [5.74, 6) is -0.405. The highest BCUT2D eigenvalue weighted by Gasteiger charge is 2.25. The molecule has 6 nitrogen and oxygen atoms in total. The van der Waals surface area contributed by atoms with Crippen molar-refractivity contribution in [3.05, 3.63) is 67.2 Å². The summed E-state index contributed by atoms with van der Waals surface area (Å²) in [5.41, 5.74) is 0.377. The van der Waals surface area contributed by atoms with Crippen LogP contribution < -0.4 is 15.4 Å². The molecule has 2 aromatic heterocycles. The van der Waals surface area contributed by atoms with Crippen LogP contribution in [0, 0.1) is 0 Å². The van der Waals surface area contributed by atoms with Crippen molar-refractivity contribution in [2.45, 2.75) is 6.54 Å². The molecule has 3 heterocycles. The first-order valence-corrected chi connectivity index (χ1v) is 9.98. The molecule has 1 amide bonds. The van der Waals surface area contributed by atoms with Crippen molar-refractivity contribution in [2.75, 3.05) is 0 Å². The number of rotatable bonds is 4. The minimum absolute atomic E-state index is 0.0309. The van der Waals surface area contributed by atoms with E-state index in [1.54, 1.807) is 22.9 Å². The summed E-state index contributed by atoms with van der Waals surface area (Å²) in [7, 11) is 0. The maximum Gasteiger partial charge on any atom is 0.279 e. The van der Waals surface area contributed by atoms with Gasteiger partial charge < -0.3 is 5.11 Å². The van der Waals surface area contributed by atoms with Gasteiger partial charge in [0.2, 0.25) is 11.0 Å². The highest BCUT2D eigenvalue weighted by molar-refractivity contribution is 9.10. The van der Waals surface area contributed by atoms with E-state index in [1.165, 1.54) is 22.7 Å². The van der Waals surface area contributed by atoms with Crippen LogP contribution in [0.1, 0.15) is 4.88 Å². The van der Waals surface area contributed by atoms with Gasteiger partial charge >= 0.3 is 0 Å². The van der Waals surface area contributed by atoms with Gasteiger partial charge in [-0.1, -0.05) is 33.3 Å². The Hall–Kier alpha value is -2.36. The SMILES string of the molecule is C=CCn1c(O)c(C2=c3cc(Br)ccc3=NC2=O)s/c1=N\c1nccs1. The van der Waals surface area contributed by atoms with E-state index in [1.807, 2.05) is 17.5 Å². The third-order valence-corrected chi connectivity index (χ3v) is 5.94. The number of hydrogen-bond donors (Lipinski definition) is 1. The van der Waals surface area contributed by atoms with E-state index in [9.17, 15) is 9.90 Å². The van der Waals surface area contributed by atoms with Gasteiger partial charge in [0.05, 0.1) is 10.9 Å². The molecule has 0 bridgehead atoms. The van der Waals surface area contributed by atoms with E-state index in [0.29, 0.717) is 37.5 Å². The molecule has 26 heavy (non-hydrogen) atoms. The van der Waals surface area contributed by atoms with E-state index in [4.69, 9.17) is 0 Å². The molecule has 4 rings (SSSR count). The summed E-state index contributed by atoms with van der Waals surface area (Å²) in [6.07, 6.45) is 3.32. The van der Waals surface area contributed by atoms with Gasteiger partial charge in [-0.3, -0.25) is 9.36 Å². The molecule has 9 heteroatoms. The van der Waals surface area contributed by atoms with Crippen LogP contribution in [0.2, 0.25) is 0 Å². The number of benzene rings is 1.